The number of benzene rings is 1. The molecule has 1 N–H and O–H groups in total. The predicted octanol–water partition coefficient (Wildman–Crippen LogP) is 3.43. The molecule has 1 saturated heterocycles. The fourth-order valence-electron chi connectivity index (χ4n) is 6.16. The third-order valence-corrected chi connectivity index (χ3v) is 7.63. The van der Waals surface area contributed by atoms with Gasteiger partial charge in [0.25, 0.3) is 0 Å². The first-order valence-corrected chi connectivity index (χ1v) is 11.2. The first kappa shape index (κ1) is 19.1. The molecule has 156 valence electrons. The summed E-state index contributed by atoms with van der Waals surface area (Å²) >= 11 is 0. The molecule has 1 aromatic heterocycles. The van der Waals surface area contributed by atoms with E-state index in [-0.39, 0.29) is 11.8 Å². The largest absolute Gasteiger partial charge is 0.496 e. The van der Waals surface area contributed by atoms with E-state index < -0.39 is 5.60 Å². The summed E-state index contributed by atoms with van der Waals surface area (Å²) in [7, 11) is 3.79. The van der Waals surface area contributed by atoms with Gasteiger partial charge in [0.1, 0.15) is 17.2 Å². The Morgan fingerprint density at radius 1 is 1.10 bits per heavy atom. The number of fused-ring (bicyclic) bond motifs is 3. The summed E-state index contributed by atoms with van der Waals surface area (Å²) in [5.41, 5.74) is 3.48. The maximum Gasteiger partial charge on any atom is 0.141 e. The Labute approximate surface area is 173 Å². The molecule has 5 heteroatoms. The summed E-state index contributed by atoms with van der Waals surface area (Å²) < 4.78 is 7.78. The third-order valence-electron chi connectivity index (χ3n) is 7.63. The van der Waals surface area contributed by atoms with Crippen molar-refractivity contribution in [2.45, 2.75) is 57.1 Å². The Hall–Kier alpha value is -1.85. The SMILES string of the molecule is COc1cc2c(cc1CN1CC3CCCC(C1)C3(O)c1nccn1C)CCCC2. The number of rotatable bonds is 4. The van der Waals surface area contributed by atoms with Crippen LogP contribution in [0.2, 0.25) is 0 Å². The molecule has 0 radical (unpaired) electrons. The number of aliphatic hydroxyl groups is 1. The fourth-order valence-corrected chi connectivity index (χ4v) is 6.16. The van der Waals surface area contributed by atoms with Crippen molar-refractivity contribution in [1.29, 1.82) is 0 Å². The molecule has 2 aliphatic carbocycles. The molecule has 2 bridgehead atoms. The van der Waals surface area contributed by atoms with E-state index in [1.165, 1.54) is 48.8 Å². The van der Waals surface area contributed by atoms with Gasteiger partial charge in [-0.3, -0.25) is 4.90 Å². The van der Waals surface area contributed by atoms with Crippen molar-refractivity contribution in [2.75, 3.05) is 20.2 Å². The summed E-state index contributed by atoms with van der Waals surface area (Å²) in [4.78, 5) is 7.09. The van der Waals surface area contributed by atoms with E-state index in [4.69, 9.17) is 4.74 Å². The second-order valence-electron chi connectivity index (χ2n) is 9.35. The first-order chi connectivity index (χ1) is 14.1. The highest BCUT2D eigenvalue weighted by Gasteiger charge is 2.53. The number of imidazole rings is 1. The molecule has 5 rings (SSSR count). The first-order valence-electron chi connectivity index (χ1n) is 11.2. The topological polar surface area (TPSA) is 50.5 Å². The Morgan fingerprint density at radius 3 is 2.41 bits per heavy atom. The lowest BCUT2D eigenvalue weighted by atomic mass is 9.65. The summed E-state index contributed by atoms with van der Waals surface area (Å²) in [5.74, 6) is 2.35. The maximum atomic E-state index is 11.8. The number of methoxy groups -OCH3 is 1. The van der Waals surface area contributed by atoms with Crippen LogP contribution < -0.4 is 4.74 Å². The number of nitrogens with zero attached hydrogens (tertiary/aromatic N) is 3. The van der Waals surface area contributed by atoms with Gasteiger partial charge < -0.3 is 14.4 Å². The van der Waals surface area contributed by atoms with Crippen molar-refractivity contribution in [3.05, 3.63) is 47.0 Å². The third kappa shape index (κ3) is 3.19. The summed E-state index contributed by atoms with van der Waals surface area (Å²) in [6.07, 6.45) is 12.1. The van der Waals surface area contributed by atoms with Gasteiger partial charge in [0.15, 0.2) is 0 Å². The Bertz CT molecular complexity index is 876. The van der Waals surface area contributed by atoms with Crippen LogP contribution >= 0.6 is 0 Å². The van der Waals surface area contributed by atoms with E-state index in [0.29, 0.717) is 0 Å². The van der Waals surface area contributed by atoms with Crippen molar-refractivity contribution in [3.63, 3.8) is 0 Å². The van der Waals surface area contributed by atoms with E-state index in [9.17, 15) is 5.11 Å². The van der Waals surface area contributed by atoms with E-state index in [2.05, 4.69) is 22.0 Å². The molecule has 0 amide bonds. The van der Waals surface area contributed by atoms with Gasteiger partial charge in [-0.2, -0.15) is 0 Å². The monoisotopic (exact) mass is 395 g/mol. The van der Waals surface area contributed by atoms with Crippen LogP contribution in [0.25, 0.3) is 0 Å². The van der Waals surface area contributed by atoms with Gasteiger partial charge in [-0.1, -0.05) is 12.5 Å². The van der Waals surface area contributed by atoms with Crippen LogP contribution in [0.5, 0.6) is 5.75 Å². The zero-order valence-corrected chi connectivity index (χ0v) is 17.7. The second-order valence-corrected chi connectivity index (χ2v) is 9.35. The van der Waals surface area contributed by atoms with Gasteiger partial charge in [0, 0.05) is 56.5 Å². The number of hydrogen-bond acceptors (Lipinski definition) is 4. The zero-order chi connectivity index (χ0) is 20.0. The lowest BCUT2D eigenvalue weighted by Crippen LogP contribution is -2.58. The van der Waals surface area contributed by atoms with E-state index in [1.807, 2.05) is 24.0 Å². The molecule has 1 saturated carbocycles. The number of hydrogen-bond donors (Lipinski definition) is 1. The van der Waals surface area contributed by atoms with Gasteiger partial charge in [0.2, 0.25) is 0 Å². The van der Waals surface area contributed by atoms with E-state index in [1.54, 1.807) is 7.11 Å². The van der Waals surface area contributed by atoms with E-state index >= 15 is 0 Å². The number of likely N-dealkylation sites (tertiary alicyclic amines) is 1. The van der Waals surface area contributed by atoms with Gasteiger partial charge in [-0.25, -0.2) is 4.98 Å². The molecule has 2 aromatic rings. The van der Waals surface area contributed by atoms with Gasteiger partial charge >= 0.3 is 0 Å². The molecule has 2 heterocycles. The molecular weight excluding hydrogens is 362 g/mol. The standard InChI is InChI=1S/C24H33N3O2/c1-26-11-10-25-23(26)24(28)20-8-5-9-21(24)16-27(15-20)14-19-12-17-6-3-4-7-18(17)13-22(19)29-2/h10-13,20-21,28H,3-9,14-16H2,1-2H3. The number of piperidine rings is 1. The van der Waals surface area contributed by atoms with Crippen molar-refractivity contribution in [3.8, 4) is 5.75 Å². The summed E-state index contributed by atoms with van der Waals surface area (Å²) in [6, 6.07) is 4.67. The highest BCUT2D eigenvalue weighted by Crippen LogP contribution is 2.49. The van der Waals surface area contributed by atoms with Crippen molar-refractivity contribution >= 4 is 0 Å². The zero-order valence-electron chi connectivity index (χ0n) is 17.7. The number of aryl methyl sites for hydroxylation is 3. The lowest BCUT2D eigenvalue weighted by Gasteiger charge is -2.52. The molecule has 2 atom stereocenters. The smallest absolute Gasteiger partial charge is 0.141 e. The van der Waals surface area contributed by atoms with Crippen LogP contribution in [0.4, 0.5) is 0 Å². The molecule has 2 fully saturated rings. The van der Waals surface area contributed by atoms with Crippen LogP contribution in [0, 0.1) is 11.8 Å². The van der Waals surface area contributed by atoms with Gasteiger partial charge in [-0.15, -0.1) is 0 Å². The Kier molecular flexibility index (Phi) is 4.91. The minimum Gasteiger partial charge on any atom is -0.496 e. The van der Waals surface area contributed by atoms with Crippen LogP contribution in [0.1, 0.15) is 54.6 Å². The van der Waals surface area contributed by atoms with Crippen molar-refractivity contribution in [2.24, 2.45) is 18.9 Å². The van der Waals surface area contributed by atoms with Crippen LogP contribution in [0.15, 0.2) is 24.5 Å². The molecule has 1 aromatic carbocycles. The minimum atomic E-state index is -0.799. The van der Waals surface area contributed by atoms with Gasteiger partial charge in [-0.05, 0) is 55.7 Å². The summed E-state index contributed by atoms with van der Waals surface area (Å²) in [6.45, 7) is 2.74. The molecule has 0 spiro atoms. The quantitative estimate of drug-likeness (QED) is 0.862. The van der Waals surface area contributed by atoms with Gasteiger partial charge in [0.05, 0.1) is 7.11 Å². The maximum absolute atomic E-state index is 11.8. The Balaban J connectivity index is 1.40. The molecule has 2 unspecified atom stereocenters. The molecule has 3 aliphatic rings. The highest BCUT2D eigenvalue weighted by atomic mass is 16.5. The van der Waals surface area contributed by atoms with Crippen LogP contribution in [-0.4, -0.2) is 39.8 Å². The number of ether oxygens (including phenoxy) is 1. The average Bonchev–Trinajstić information content (AvgIpc) is 3.15. The molecule has 5 nitrogen and oxygen atoms in total. The summed E-state index contributed by atoms with van der Waals surface area (Å²) in [5, 5.41) is 11.8. The highest BCUT2D eigenvalue weighted by molar-refractivity contribution is 5.44. The fraction of sp³-hybridized carbons (Fsp3) is 0.625. The average molecular weight is 396 g/mol. The van der Waals surface area contributed by atoms with Crippen LogP contribution in [-0.2, 0) is 32.0 Å². The second kappa shape index (κ2) is 7.44. The molecular formula is C24H33N3O2. The number of aromatic nitrogens is 2. The van der Waals surface area contributed by atoms with Crippen molar-refractivity contribution in [1.82, 2.24) is 14.5 Å². The van der Waals surface area contributed by atoms with Crippen molar-refractivity contribution < 1.29 is 9.84 Å². The Morgan fingerprint density at radius 2 is 1.79 bits per heavy atom. The van der Waals surface area contributed by atoms with Crippen LogP contribution in [0.3, 0.4) is 0 Å². The molecule has 1 aliphatic heterocycles. The minimum absolute atomic E-state index is 0.236. The predicted molar refractivity (Wildman–Crippen MR) is 113 cm³/mol. The van der Waals surface area contributed by atoms with E-state index in [0.717, 1.165) is 44.0 Å². The normalized spacial score (nSPS) is 29.5. The lowest BCUT2D eigenvalue weighted by molar-refractivity contribution is -0.155. The molecule has 29 heavy (non-hydrogen) atoms.